The summed E-state index contributed by atoms with van der Waals surface area (Å²) in [7, 11) is 0. The third-order valence-electron chi connectivity index (χ3n) is 4.04. The average molecular weight is 273 g/mol. The first kappa shape index (κ1) is 13.1. The Bertz CT molecular complexity index is 597. The SMILES string of the molecule is O=c1onc(Cc2ccncc2)n1CC1CCCCC1. The summed E-state index contributed by atoms with van der Waals surface area (Å²) in [5.41, 5.74) is 1.09. The normalized spacial score (nSPS) is 16.4. The zero-order chi connectivity index (χ0) is 13.8. The van der Waals surface area contributed by atoms with Crippen LogP contribution in [0.2, 0.25) is 0 Å². The van der Waals surface area contributed by atoms with Gasteiger partial charge < -0.3 is 0 Å². The molecule has 0 saturated heterocycles. The molecule has 1 aliphatic carbocycles. The molecule has 20 heavy (non-hydrogen) atoms. The van der Waals surface area contributed by atoms with E-state index < -0.39 is 0 Å². The molecule has 2 aromatic heterocycles. The Hall–Kier alpha value is -1.91. The minimum atomic E-state index is -0.334. The van der Waals surface area contributed by atoms with Gasteiger partial charge in [0, 0.05) is 25.4 Å². The lowest BCUT2D eigenvalue weighted by molar-refractivity contribution is 0.303. The zero-order valence-corrected chi connectivity index (χ0v) is 11.5. The third kappa shape index (κ3) is 2.98. The Kier molecular flexibility index (Phi) is 3.95. The predicted molar refractivity (Wildman–Crippen MR) is 74.4 cm³/mol. The van der Waals surface area contributed by atoms with Crippen molar-refractivity contribution in [3.8, 4) is 0 Å². The van der Waals surface area contributed by atoms with Crippen LogP contribution in [0.1, 0.15) is 43.5 Å². The lowest BCUT2D eigenvalue weighted by atomic mass is 9.89. The summed E-state index contributed by atoms with van der Waals surface area (Å²) in [5.74, 6) is 0.962. The van der Waals surface area contributed by atoms with Crippen molar-refractivity contribution < 1.29 is 4.52 Å². The van der Waals surface area contributed by atoms with Crippen LogP contribution in [0.15, 0.2) is 33.8 Å². The second kappa shape index (κ2) is 6.03. The van der Waals surface area contributed by atoms with Gasteiger partial charge in [0.2, 0.25) is 0 Å². The summed E-state index contributed by atoms with van der Waals surface area (Å²) in [5, 5.41) is 3.93. The molecule has 0 aliphatic heterocycles. The summed E-state index contributed by atoms with van der Waals surface area (Å²) in [4.78, 5) is 15.8. The van der Waals surface area contributed by atoms with Gasteiger partial charge in [-0.3, -0.25) is 14.1 Å². The third-order valence-corrected chi connectivity index (χ3v) is 4.04. The molecule has 106 valence electrons. The second-order valence-electron chi connectivity index (χ2n) is 5.51. The molecule has 1 saturated carbocycles. The first-order valence-corrected chi connectivity index (χ1v) is 7.27. The number of hydrogen-bond acceptors (Lipinski definition) is 4. The number of hydrogen-bond donors (Lipinski definition) is 0. The molecule has 0 N–H and O–H groups in total. The molecule has 2 heterocycles. The highest BCUT2D eigenvalue weighted by Crippen LogP contribution is 2.25. The van der Waals surface area contributed by atoms with Gasteiger partial charge in [-0.05, 0) is 36.5 Å². The minimum absolute atomic E-state index is 0.334. The molecule has 0 radical (unpaired) electrons. The van der Waals surface area contributed by atoms with Crippen molar-refractivity contribution in [1.82, 2.24) is 14.7 Å². The summed E-state index contributed by atoms with van der Waals surface area (Å²) in [6, 6.07) is 3.87. The average Bonchev–Trinajstić information content (AvgIpc) is 2.83. The van der Waals surface area contributed by atoms with Crippen molar-refractivity contribution in [3.05, 3.63) is 46.5 Å². The summed E-state index contributed by atoms with van der Waals surface area (Å²) in [6.45, 7) is 0.739. The maximum atomic E-state index is 11.8. The van der Waals surface area contributed by atoms with E-state index in [1.807, 2.05) is 12.1 Å². The van der Waals surface area contributed by atoms with Crippen LogP contribution < -0.4 is 5.76 Å². The molecule has 0 atom stereocenters. The number of pyridine rings is 1. The number of rotatable bonds is 4. The van der Waals surface area contributed by atoms with Gasteiger partial charge in [-0.1, -0.05) is 24.4 Å². The van der Waals surface area contributed by atoms with Gasteiger partial charge in [-0.2, -0.15) is 0 Å². The largest absolute Gasteiger partial charge is 0.441 e. The Morgan fingerprint density at radius 3 is 2.70 bits per heavy atom. The molecule has 1 fully saturated rings. The molecule has 0 bridgehead atoms. The summed E-state index contributed by atoms with van der Waals surface area (Å²) < 4.78 is 6.56. The molecule has 3 rings (SSSR count). The molecule has 0 unspecified atom stereocenters. The summed E-state index contributed by atoms with van der Waals surface area (Å²) in [6.07, 6.45) is 10.4. The standard InChI is InChI=1S/C15H19N3O2/c19-15-18(11-13-4-2-1-3-5-13)14(17-20-15)10-12-6-8-16-9-7-12/h6-9,13H,1-5,10-11H2. The number of aromatic nitrogens is 3. The highest BCUT2D eigenvalue weighted by atomic mass is 16.5. The molecular weight excluding hydrogens is 254 g/mol. The molecule has 0 spiro atoms. The molecule has 1 aliphatic rings. The van der Waals surface area contributed by atoms with Crippen molar-refractivity contribution in [2.75, 3.05) is 0 Å². The van der Waals surface area contributed by atoms with E-state index in [4.69, 9.17) is 4.52 Å². The Labute approximate surface area is 117 Å². The Balaban J connectivity index is 1.76. The van der Waals surface area contributed by atoms with Crippen molar-refractivity contribution >= 4 is 0 Å². The van der Waals surface area contributed by atoms with E-state index in [1.165, 1.54) is 32.1 Å². The van der Waals surface area contributed by atoms with Crippen LogP contribution in [0.3, 0.4) is 0 Å². The van der Waals surface area contributed by atoms with E-state index in [0.717, 1.165) is 12.1 Å². The van der Waals surface area contributed by atoms with Gasteiger partial charge >= 0.3 is 5.76 Å². The van der Waals surface area contributed by atoms with Crippen molar-refractivity contribution in [2.24, 2.45) is 5.92 Å². The maximum absolute atomic E-state index is 11.8. The van der Waals surface area contributed by atoms with Crippen molar-refractivity contribution in [2.45, 2.75) is 45.1 Å². The van der Waals surface area contributed by atoms with Gasteiger partial charge in [0.05, 0.1) is 0 Å². The quantitative estimate of drug-likeness (QED) is 0.858. The van der Waals surface area contributed by atoms with Gasteiger partial charge in [0.15, 0.2) is 5.82 Å². The fourth-order valence-electron chi connectivity index (χ4n) is 2.91. The highest BCUT2D eigenvalue weighted by Gasteiger charge is 2.18. The smallest absolute Gasteiger partial charge is 0.296 e. The van der Waals surface area contributed by atoms with E-state index >= 15 is 0 Å². The topological polar surface area (TPSA) is 60.9 Å². The van der Waals surface area contributed by atoms with Crippen LogP contribution in [0.4, 0.5) is 0 Å². The number of nitrogens with zero attached hydrogens (tertiary/aromatic N) is 3. The van der Waals surface area contributed by atoms with Crippen molar-refractivity contribution in [3.63, 3.8) is 0 Å². The Morgan fingerprint density at radius 1 is 1.20 bits per heavy atom. The van der Waals surface area contributed by atoms with Gasteiger partial charge in [-0.15, -0.1) is 0 Å². The van der Waals surface area contributed by atoms with E-state index in [-0.39, 0.29) is 5.76 Å². The molecule has 5 heteroatoms. The van der Waals surface area contributed by atoms with E-state index in [1.54, 1.807) is 17.0 Å². The van der Waals surface area contributed by atoms with Crippen LogP contribution in [0, 0.1) is 5.92 Å². The van der Waals surface area contributed by atoms with Crippen LogP contribution >= 0.6 is 0 Å². The molecule has 0 amide bonds. The van der Waals surface area contributed by atoms with Crippen LogP contribution in [0.5, 0.6) is 0 Å². The van der Waals surface area contributed by atoms with E-state index in [0.29, 0.717) is 18.2 Å². The lowest BCUT2D eigenvalue weighted by Crippen LogP contribution is -2.23. The van der Waals surface area contributed by atoms with E-state index in [2.05, 4.69) is 10.1 Å². The Morgan fingerprint density at radius 2 is 1.95 bits per heavy atom. The lowest BCUT2D eigenvalue weighted by Gasteiger charge is -2.21. The maximum Gasteiger partial charge on any atom is 0.441 e. The van der Waals surface area contributed by atoms with E-state index in [9.17, 15) is 4.79 Å². The fraction of sp³-hybridized carbons (Fsp3) is 0.533. The van der Waals surface area contributed by atoms with Crippen molar-refractivity contribution in [1.29, 1.82) is 0 Å². The zero-order valence-electron chi connectivity index (χ0n) is 11.5. The van der Waals surface area contributed by atoms with Gasteiger partial charge in [-0.25, -0.2) is 4.79 Å². The van der Waals surface area contributed by atoms with Crippen LogP contribution in [0.25, 0.3) is 0 Å². The fourth-order valence-corrected chi connectivity index (χ4v) is 2.91. The molecule has 2 aromatic rings. The predicted octanol–water partition coefficient (Wildman–Crippen LogP) is 2.40. The van der Waals surface area contributed by atoms with Gasteiger partial charge in [0.1, 0.15) is 0 Å². The monoisotopic (exact) mass is 273 g/mol. The molecular formula is C15H19N3O2. The highest BCUT2D eigenvalue weighted by molar-refractivity contribution is 5.14. The first-order valence-electron chi connectivity index (χ1n) is 7.27. The summed E-state index contributed by atoms with van der Waals surface area (Å²) >= 11 is 0. The molecule has 5 nitrogen and oxygen atoms in total. The second-order valence-corrected chi connectivity index (χ2v) is 5.51. The van der Waals surface area contributed by atoms with Crippen LogP contribution in [-0.2, 0) is 13.0 Å². The molecule has 0 aromatic carbocycles. The first-order chi connectivity index (χ1) is 9.83. The van der Waals surface area contributed by atoms with Gasteiger partial charge in [0.25, 0.3) is 0 Å². The van der Waals surface area contributed by atoms with Crippen LogP contribution in [-0.4, -0.2) is 14.7 Å². The minimum Gasteiger partial charge on any atom is -0.296 e.